The van der Waals surface area contributed by atoms with Crippen LogP contribution in [0.5, 0.6) is 0 Å². The molecule has 2 aromatic rings. The summed E-state index contributed by atoms with van der Waals surface area (Å²) in [6.07, 6.45) is 6.97. The largest absolute Gasteiger partial charge is 0.411 e. The Labute approximate surface area is 150 Å². The third-order valence-corrected chi connectivity index (χ3v) is 5.28. The fourth-order valence-electron chi connectivity index (χ4n) is 2.91. The van der Waals surface area contributed by atoms with Crippen molar-refractivity contribution >= 4 is 17.7 Å². The van der Waals surface area contributed by atoms with Crippen molar-refractivity contribution in [1.29, 1.82) is 0 Å². The molecule has 1 heterocycles. The number of carbonyl (C=O) groups excluding carboxylic acids is 1. The smallest absolute Gasteiger partial charge is 0.277 e. The Morgan fingerprint density at radius 2 is 1.88 bits per heavy atom. The summed E-state index contributed by atoms with van der Waals surface area (Å²) in [7, 11) is 0. The maximum Gasteiger partial charge on any atom is 0.277 e. The van der Waals surface area contributed by atoms with Crippen molar-refractivity contribution in [2.45, 2.75) is 62.0 Å². The van der Waals surface area contributed by atoms with Gasteiger partial charge in [-0.2, -0.15) is 0 Å². The second kappa shape index (κ2) is 8.47. The zero-order chi connectivity index (χ0) is 17.6. The molecule has 1 aromatic heterocycles. The van der Waals surface area contributed by atoms with E-state index in [1.54, 1.807) is 12.1 Å². The van der Waals surface area contributed by atoms with E-state index in [0.717, 1.165) is 12.8 Å². The molecule has 0 radical (unpaired) electrons. The maximum atomic E-state index is 13.0. The van der Waals surface area contributed by atoms with Crippen LogP contribution in [0.3, 0.4) is 0 Å². The van der Waals surface area contributed by atoms with Gasteiger partial charge in [0.1, 0.15) is 5.82 Å². The van der Waals surface area contributed by atoms with Gasteiger partial charge in [0.15, 0.2) is 0 Å². The van der Waals surface area contributed by atoms with Gasteiger partial charge in [0.05, 0.1) is 5.25 Å². The first kappa shape index (κ1) is 17.9. The van der Waals surface area contributed by atoms with Crippen LogP contribution in [0.2, 0.25) is 0 Å². The van der Waals surface area contributed by atoms with E-state index in [1.807, 2.05) is 6.92 Å². The van der Waals surface area contributed by atoms with Crippen LogP contribution in [0.25, 0.3) is 11.5 Å². The van der Waals surface area contributed by atoms with Crippen LogP contribution in [-0.4, -0.2) is 27.4 Å². The lowest BCUT2D eigenvalue weighted by molar-refractivity contribution is -0.121. The topological polar surface area (TPSA) is 68.0 Å². The van der Waals surface area contributed by atoms with Gasteiger partial charge >= 0.3 is 0 Å². The first-order chi connectivity index (χ1) is 12.1. The first-order valence-electron chi connectivity index (χ1n) is 8.68. The number of nitrogens with zero attached hydrogens (tertiary/aromatic N) is 2. The van der Waals surface area contributed by atoms with Gasteiger partial charge < -0.3 is 9.73 Å². The lowest BCUT2D eigenvalue weighted by Crippen LogP contribution is -2.39. The highest BCUT2D eigenvalue weighted by molar-refractivity contribution is 8.00. The minimum absolute atomic E-state index is 0.00145. The molecule has 3 rings (SSSR count). The Kier molecular flexibility index (Phi) is 6.07. The Hall–Kier alpha value is -1.89. The number of nitrogens with one attached hydrogen (secondary N) is 1. The number of amides is 1. The average molecular weight is 363 g/mol. The van der Waals surface area contributed by atoms with E-state index in [0.29, 0.717) is 16.7 Å². The second-order valence-electron chi connectivity index (χ2n) is 6.34. The third kappa shape index (κ3) is 5.04. The summed E-state index contributed by atoms with van der Waals surface area (Å²) in [5.41, 5.74) is 0.649. The fourth-order valence-corrected chi connectivity index (χ4v) is 3.61. The number of benzene rings is 1. The number of hydrogen-bond donors (Lipinski definition) is 1. The first-order valence-corrected chi connectivity index (χ1v) is 9.56. The predicted octanol–water partition coefficient (Wildman–Crippen LogP) is 4.20. The monoisotopic (exact) mass is 363 g/mol. The molecule has 1 fully saturated rings. The molecule has 5 nitrogen and oxygen atoms in total. The predicted molar refractivity (Wildman–Crippen MR) is 94.6 cm³/mol. The molecule has 1 atom stereocenters. The lowest BCUT2D eigenvalue weighted by Gasteiger charge is -2.18. The number of aromatic nitrogens is 2. The van der Waals surface area contributed by atoms with Crippen LogP contribution in [0.1, 0.15) is 45.4 Å². The summed E-state index contributed by atoms with van der Waals surface area (Å²) in [4.78, 5) is 12.4. The summed E-state index contributed by atoms with van der Waals surface area (Å²) >= 11 is 1.24. The Bertz CT molecular complexity index is 697. The van der Waals surface area contributed by atoms with Crippen LogP contribution in [0.4, 0.5) is 4.39 Å². The average Bonchev–Trinajstić information content (AvgIpc) is 2.91. The van der Waals surface area contributed by atoms with E-state index in [4.69, 9.17) is 4.42 Å². The Morgan fingerprint density at radius 3 is 2.56 bits per heavy atom. The highest BCUT2D eigenvalue weighted by Crippen LogP contribution is 2.26. The molecule has 0 aliphatic heterocycles. The van der Waals surface area contributed by atoms with Crippen molar-refractivity contribution in [3.63, 3.8) is 0 Å². The third-order valence-electron chi connectivity index (χ3n) is 4.35. The highest BCUT2D eigenvalue weighted by Gasteiger charge is 2.22. The van der Waals surface area contributed by atoms with E-state index in [2.05, 4.69) is 15.5 Å². The lowest BCUT2D eigenvalue weighted by atomic mass is 10.1. The van der Waals surface area contributed by atoms with Crippen molar-refractivity contribution < 1.29 is 13.6 Å². The summed E-state index contributed by atoms with van der Waals surface area (Å²) < 4.78 is 18.5. The SMILES string of the molecule is C[C@@H](Sc1nnc(-c2ccc(F)cc2)o1)C(=O)NC1CCCCCC1. The van der Waals surface area contributed by atoms with Crippen molar-refractivity contribution in [2.75, 3.05) is 0 Å². The number of rotatable bonds is 5. The zero-order valence-electron chi connectivity index (χ0n) is 14.2. The van der Waals surface area contributed by atoms with Crippen LogP contribution >= 0.6 is 11.8 Å². The number of carbonyl (C=O) groups is 1. The van der Waals surface area contributed by atoms with E-state index >= 15 is 0 Å². The maximum absolute atomic E-state index is 13.0. The van der Waals surface area contributed by atoms with Crippen LogP contribution in [0, 0.1) is 5.82 Å². The number of hydrogen-bond acceptors (Lipinski definition) is 5. The molecule has 134 valence electrons. The molecule has 1 amide bonds. The standard InChI is InChI=1S/C18H22FN3O2S/c1-12(16(23)20-15-6-4-2-3-5-7-15)25-18-22-21-17(24-18)13-8-10-14(19)11-9-13/h8-12,15H,2-7H2,1H3,(H,20,23)/t12-/m1/s1. The molecule has 7 heteroatoms. The summed E-state index contributed by atoms with van der Waals surface area (Å²) in [5.74, 6) is -0.000946. The van der Waals surface area contributed by atoms with Crippen LogP contribution in [-0.2, 0) is 4.79 Å². The Morgan fingerprint density at radius 1 is 1.20 bits per heavy atom. The van der Waals surface area contributed by atoms with Crippen LogP contribution < -0.4 is 5.32 Å². The molecule has 1 aromatic carbocycles. The van der Waals surface area contributed by atoms with E-state index < -0.39 is 0 Å². The van der Waals surface area contributed by atoms with E-state index in [9.17, 15) is 9.18 Å². The molecule has 0 saturated heterocycles. The molecule has 1 N–H and O–H groups in total. The minimum atomic E-state index is -0.318. The molecule has 25 heavy (non-hydrogen) atoms. The van der Waals surface area contributed by atoms with Gasteiger partial charge in [-0.15, -0.1) is 10.2 Å². The van der Waals surface area contributed by atoms with Crippen molar-refractivity contribution in [1.82, 2.24) is 15.5 Å². The van der Waals surface area contributed by atoms with Gasteiger partial charge in [0.25, 0.3) is 5.22 Å². The fraction of sp³-hybridized carbons (Fsp3) is 0.500. The van der Waals surface area contributed by atoms with E-state index in [1.165, 1.54) is 49.6 Å². The second-order valence-corrected chi connectivity index (χ2v) is 7.63. The molecule has 0 unspecified atom stereocenters. The number of halogens is 1. The Balaban J connectivity index is 1.56. The van der Waals surface area contributed by atoms with Gasteiger partial charge in [-0.05, 0) is 44.0 Å². The zero-order valence-corrected chi connectivity index (χ0v) is 15.0. The van der Waals surface area contributed by atoms with Crippen molar-refractivity contribution in [2.24, 2.45) is 0 Å². The van der Waals surface area contributed by atoms with Gasteiger partial charge in [-0.3, -0.25) is 4.79 Å². The molecule has 1 saturated carbocycles. The van der Waals surface area contributed by atoms with Gasteiger partial charge in [0.2, 0.25) is 11.8 Å². The van der Waals surface area contributed by atoms with Gasteiger partial charge in [-0.25, -0.2) is 4.39 Å². The quantitative estimate of drug-likeness (QED) is 0.637. The molecule has 1 aliphatic carbocycles. The molecular formula is C18H22FN3O2S. The molecule has 0 spiro atoms. The van der Waals surface area contributed by atoms with Gasteiger partial charge in [0, 0.05) is 11.6 Å². The van der Waals surface area contributed by atoms with E-state index in [-0.39, 0.29) is 23.0 Å². The molecule has 0 bridgehead atoms. The summed E-state index contributed by atoms with van der Waals surface area (Å²) in [5, 5.41) is 11.1. The van der Waals surface area contributed by atoms with Gasteiger partial charge in [-0.1, -0.05) is 37.4 Å². The van der Waals surface area contributed by atoms with Crippen molar-refractivity contribution in [3.8, 4) is 11.5 Å². The summed E-state index contributed by atoms with van der Waals surface area (Å²) in [6, 6.07) is 6.12. The molecule has 1 aliphatic rings. The van der Waals surface area contributed by atoms with Crippen molar-refractivity contribution in [3.05, 3.63) is 30.1 Å². The van der Waals surface area contributed by atoms with Crippen LogP contribution in [0.15, 0.2) is 33.9 Å². The molecular weight excluding hydrogens is 341 g/mol. The highest BCUT2D eigenvalue weighted by atomic mass is 32.2. The summed E-state index contributed by atoms with van der Waals surface area (Å²) in [6.45, 7) is 1.83. The minimum Gasteiger partial charge on any atom is -0.411 e. The normalized spacial score (nSPS) is 17.0. The number of thioether (sulfide) groups is 1.